The van der Waals surface area contributed by atoms with E-state index in [1.807, 2.05) is 12.2 Å². The largest absolute Gasteiger partial charge is 0.467 e. The zero-order valence-electron chi connectivity index (χ0n) is 6.95. The molecule has 0 aliphatic carbocycles. The van der Waals surface area contributed by atoms with Crippen LogP contribution in [0.25, 0.3) is 0 Å². The first-order chi connectivity index (χ1) is 5.88. The third-order valence-electron chi connectivity index (χ3n) is 1.50. The van der Waals surface area contributed by atoms with E-state index in [4.69, 9.17) is 9.47 Å². The molecule has 64 valence electrons. The first-order valence-corrected chi connectivity index (χ1v) is 3.73. The lowest BCUT2D eigenvalue weighted by Crippen LogP contribution is -2.11. The van der Waals surface area contributed by atoms with Crippen LogP contribution in [0.3, 0.4) is 0 Å². The van der Waals surface area contributed by atoms with Crippen molar-refractivity contribution >= 4 is 0 Å². The highest BCUT2D eigenvalue weighted by atomic mass is 16.7. The van der Waals surface area contributed by atoms with Crippen LogP contribution in [0.15, 0.2) is 48.8 Å². The van der Waals surface area contributed by atoms with Crippen LogP contribution in [0.5, 0.6) is 0 Å². The first kappa shape index (κ1) is 8.81. The Kier molecular flexibility index (Phi) is 3.35. The van der Waals surface area contributed by atoms with Gasteiger partial charge in [0.2, 0.25) is 0 Å². The molecule has 0 radical (unpaired) electrons. The maximum absolute atomic E-state index is 5.24. The molecule has 0 aromatic heterocycles. The molecule has 0 unspecified atom stereocenters. The van der Waals surface area contributed by atoms with Crippen molar-refractivity contribution in [3.05, 3.63) is 48.8 Å². The Bertz CT molecular complexity index is 236. The van der Waals surface area contributed by atoms with Gasteiger partial charge in [0.1, 0.15) is 5.76 Å². The minimum Gasteiger partial charge on any atom is -0.467 e. The first-order valence-electron chi connectivity index (χ1n) is 3.73. The molecule has 2 heteroatoms. The number of rotatable bonds is 3. The maximum atomic E-state index is 5.24. The Morgan fingerprint density at radius 2 is 2.17 bits per heavy atom. The minimum absolute atomic E-state index is 0.314. The van der Waals surface area contributed by atoms with Crippen LogP contribution in [0.4, 0.5) is 0 Å². The third-order valence-corrected chi connectivity index (χ3v) is 1.50. The van der Waals surface area contributed by atoms with Gasteiger partial charge in [0.05, 0.1) is 6.61 Å². The molecule has 2 nitrogen and oxygen atoms in total. The van der Waals surface area contributed by atoms with E-state index in [0.29, 0.717) is 13.4 Å². The number of hydrogen-bond donors (Lipinski definition) is 0. The molecule has 0 saturated heterocycles. The molecule has 1 aliphatic heterocycles. The van der Waals surface area contributed by atoms with Gasteiger partial charge in [-0.25, -0.2) is 0 Å². The van der Waals surface area contributed by atoms with Crippen LogP contribution < -0.4 is 0 Å². The van der Waals surface area contributed by atoms with Gasteiger partial charge in [0.15, 0.2) is 6.79 Å². The predicted octanol–water partition coefficient (Wildman–Crippen LogP) is 2.17. The van der Waals surface area contributed by atoms with Crippen molar-refractivity contribution in [1.29, 1.82) is 0 Å². The summed E-state index contributed by atoms with van der Waals surface area (Å²) in [6.45, 7) is 8.12. The quantitative estimate of drug-likeness (QED) is 0.595. The Morgan fingerprint density at radius 1 is 1.33 bits per heavy atom. The van der Waals surface area contributed by atoms with Gasteiger partial charge in [-0.05, 0) is 6.08 Å². The zero-order chi connectivity index (χ0) is 8.81. The fourth-order valence-electron chi connectivity index (χ4n) is 0.891. The van der Waals surface area contributed by atoms with Crippen LogP contribution in [0, 0.1) is 0 Å². The summed E-state index contributed by atoms with van der Waals surface area (Å²) < 4.78 is 10.3. The minimum atomic E-state index is 0.314. The van der Waals surface area contributed by atoms with E-state index in [-0.39, 0.29) is 0 Å². The molecule has 0 saturated carbocycles. The molecule has 0 fully saturated rings. The second-order valence-electron chi connectivity index (χ2n) is 2.30. The molecule has 0 N–H and O–H groups in total. The summed E-state index contributed by atoms with van der Waals surface area (Å²) in [5.41, 5.74) is 0.972. The van der Waals surface area contributed by atoms with Crippen molar-refractivity contribution in [2.45, 2.75) is 0 Å². The van der Waals surface area contributed by atoms with Gasteiger partial charge in [-0.2, -0.15) is 0 Å². The highest BCUT2D eigenvalue weighted by molar-refractivity contribution is 5.30. The van der Waals surface area contributed by atoms with E-state index in [1.165, 1.54) is 0 Å². The molecule has 0 atom stereocenters. The Hall–Kier alpha value is -1.28. The molecular weight excluding hydrogens is 152 g/mol. The summed E-state index contributed by atoms with van der Waals surface area (Å²) in [7, 11) is 0. The summed E-state index contributed by atoms with van der Waals surface area (Å²) >= 11 is 0. The number of hydrogen-bond acceptors (Lipinski definition) is 2. The van der Waals surface area contributed by atoms with Gasteiger partial charge >= 0.3 is 0 Å². The van der Waals surface area contributed by atoms with Crippen molar-refractivity contribution in [2.75, 3.05) is 13.4 Å². The topological polar surface area (TPSA) is 18.5 Å². The molecule has 12 heavy (non-hydrogen) atoms. The van der Waals surface area contributed by atoms with Crippen molar-refractivity contribution in [3.63, 3.8) is 0 Å². The summed E-state index contributed by atoms with van der Waals surface area (Å²) in [6.07, 6.45) is 7.12. The van der Waals surface area contributed by atoms with Gasteiger partial charge in [0.25, 0.3) is 0 Å². The number of allylic oxidation sites excluding steroid dienone is 3. The fourth-order valence-corrected chi connectivity index (χ4v) is 0.891. The smallest absolute Gasteiger partial charge is 0.189 e. The van der Waals surface area contributed by atoms with Crippen LogP contribution in [0.2, 0.25) is 0 Å². The molecule has 0 aromatic rings. The molecule has 0 bridgehead atoms. The number of ether oxygens (including phenoxy) is 2. The summed E-state index contributed by atoms with van der Waals surface area (Å²) in [6, 6.07) is 0. The highest BCUT2D eigenvalue weighted by Gasteiger charge is 2.07. The molecule has 1 aliphatic rings. The molecule has 1 heterocycles. The van der Waals surface area contributed by atoms with Gasteiger partial charge in [-0.1, -0.05) is 31.4 Å². The van der Waals surface area contributed by atoms with E-state index < -0.39 is 0 Å². The fraction of sp³-hybridized carbons (Fsp3) is 0.200. The Morgan fingerprint density at radius 3 is 2.83 bits per heavy atom. The van der Waals surface area contributed by atoms with Crippen LogP contribution in [-0.4, -0.2) is 13.4 Å². The van der Waals surface area contributed by atoms with Crippen LogP contribution >= 0.6 is 0 Å². The maximum Gasteiger partial charge on any atom is 0.189 e. The van der Waals surface area contributed by atoms with Gasteiger partial charge in [-0.15, -0.1) is 0 Å². The monoisotopic (exact) mass is 164 g/mol. The summed E-state index contributed by atoms with van der Waals surface area (Å²) in [4.78, 5) is 0. The van der Waals surface area contributed by atoms with Crippen molar-refractivity contribution < 1.29 is 9.47 Å². The average molecular weight is 164 g/mol. The molecular formula is C10H12O2. The van der Waals surface area contributed by atoms with Crippen molar-refractivity contribution in [3.8, 4) is 0 Å². The van der Waals surface area contributed by atoms with E-state index >= 15 is 0 Å². The van der Waals surface area contributed by atoms with E-state index in [2.05, 4.69) is 13.2 Å². The summed E-state index contributed by atoms with van der Waals surface area (Å²) in [5.74, 6) is 0.816. The average Bonchev–Trinajstić information content (AvgIpc) is 2.15. The second-order valence-corrected chi connectivity index (χ2v) is 2.30. The molecule has 0 spiro atoms. The van der Waals surface area contributed by atoms with Crippen LogP contribution in [-0.2, 0) is 9.47 Å². The highest BCUT2D eigenvalue weighted by Crippen LogP contribution is 2.14. The van der Waals surface area contributed by atoms with Crippen LogP contribution in [0.1, 0.15) is 0 Å². The lowest BCUT2D eigenvalue weighted by molar-refractivity contribution is -0.0293. The van der Waals surface area contributed by atoms with Gasteiger partial charge in [0, 0.05) is 5.57 Å². The summed E-state index contributed by atoms with van der Waals surface area (Å²) in [5, 5.41) is 0. The van der Waals surface area contributed by atoms with E-state index in [9.17, 15) is 0 Å². The third kappa shape index (κ3) is 2.10. The van der Waals surface area contributed by atoms with E-state index in [1.54, 1.807) is 12.2 Å². The molecule has 0 amide bonds. The standard InChI is InChI=1S/C10H12O2/c1-3-5-6-10-9(4-2)7-11-8-12-10/h3-6H,1-2,7-8H2/b6-5-. The normalized spacial score (nSPS) is 17.7. The van der Waals surface area contributed by atoms with Crippen molar-refractivity contribution in [2.24, 2.45) is 0 Å². The lowest BCUT2D eigenvalue weighted by atomic mass is 10.2. The van der Waals surface area contributed by atoms with E-state index in [0.717, 1.165) is 11.3 Å². The predicted molar refractivity (Wildman–Crippen MR) is 48.5 cm³/mol. The van der Waals surface area contributed by atoms with Crippen molar-refractivity contribution in [1.82, 2.24) is 0 Å². The molecule has 1 rings (SSSR count). The second kappa shape index (κ2) is 4.57. The molecule has 0 aromatic carbocycles. The lowest BCUT2D eigenvalue weighted by Gasteiger charge is -2.16. The zero-order valence-corrected chi connectivity index (χ0v) is 6.95. The Labute approximate surface area is 72.5 Å². The Balaban J connectivity index is 2.79. The van der Waals surface area contributed by atoms with Gasteiger partial charge < -0.3 is 9.47 Å². The SMILES string of the molecule is C=C/C=C\C1=C(C=C)COCO1. The van der Waals surface area contributed by atoms with Gasteiger partial charge in [-0.3, -0.25) is 0 Å².